The van der Waals surface area contributed by atoms with Crippen LogP contribution in [0.4, 0.5) is 8.78 Å². The molecule has 5 aromatic rings. The summed E-state index contributed by atoms with van der Waals surface area (Å²) >= 11 is 0. The molecule has 0 radical (unpaired) electrons. The first-order valence-electron chi connectivity index (χ1n) is 18.2. The second-order valence-corrected chi connectivity index (χ2v) is 26.5. The smallest absolute Gasteiger partial charge is 0.147 e. The summed E-state index contributed by atoms with van der Waals surface area (Å²) in [6.45, 7) is 18.9. The van der Waals surface area contributed by atoms with Gasteiger partial charge in [0, 0.05) is 21.9 Å². The second-order valence-electron chi connectivity index (χ2n) is 16.0. The summed E-state index contributed by atoms with van der Waals surface area (Å²) in [5.41, 5.74) is 13.5. The van der Waals surface area contributed by atoms with Crippen LogP contribution in [-0.2, 0) is 0 Å². The van der Waals surface area contributed by atoms with E-state index in [-0.39, 0.29) is 11.6 Å². The van der Waals surface area contributed by atoms with E-state index in [1.54, 1.807) is 24.3 Å². The molecule has 0 amide bonds. The molecule has 246 valence electrons. The van der Waals surface area contributed by atoms with Crippen molar-refractivity contribution in [2.45, 2.75) is 114 Å². The molecular formula is C44H48F2Si2. The van der Waals surface area contributed by atoms with E-state index < -0.39 is 16.1 Å². The van der Waals surface area contributed by atoms with Gasteiger partial charge in [-0.1, -0.05) is 117 Å². The highest BCUT2D eigenvalue weighted by Gasteiger charge is 2.52. The molecule has 0 N–H and O–H groups in total. The maximum Gasteiger partial charge on any atom is 0.147 e. The summed E-state index contributed by atoms with van der Waals surface area (Å²) in [6.07, 6.45) is 5.08. The van der Waals surface area contributed by atoms with Gasteiger partial charge in [0.15, 0.2) is 0 Å². The van der Waals surface area contributed by atoms with E-state index in [0.29, 0.717) is 44.0 Å². The van der Waals surface area contributed by atoms with Gasteiger partial charge in [0.25, 0.3) is 0 Å². The Hall–Kier alpha value is -3.45. The van der Waals surface area contributed by atoms with E-state index in [0.717, 1.165) is 43.4 Å². The van der Waals surface area contributed by atoms with Crippen LogP contribution >= 0.6 is 0 Å². The third-order valence-electron chi connectivity index (χ3n) is 12.1. The Morgan fingerprint density at radius 3 is 1.15 bits per heavy atom. The Kier molecular flexibility index (Phi) is 8.37. The molecule has 7 rings (SSSR count). The fraction of sp³-hybridized carbons (Fsp3) is 0.409. The average molecular weight is 671 g/mol. The van der Waals surface area contributed by atoms with Crippen molar-refractivity contribution in [1.29, 1.82) is 0 Å². The van der Waals surface area contributed by atoms with Crippen LogP contribution in [0.1, 0.15) is 92.2 Å². The number of rotatable bonds is 6. The van der Waals surface area contributed by atoms with Crippen molar-refractivity contribution in [1.82, 2.24) is 0 Å². The first kappa shape index (κ1) is 33.1. The summed E-state index contributed by atoms with van der Waals surface area (Å²) in [5, 5.41) is 6.78. The molecule has 0 saturated heterocycles. The van der Waals surface area contributed by atoms with Crippen LogP contribution in [0.3, 0.4) is 0 Å². The van der Waals surface area contributed by atoms with Crippen LogP contribution in [0.2, 0.25) is 33.2 Å². The SMILES string of the molecule is CC(C)[Si](C#Cc1c2cc3cccc(F)c3cc2c(C#C[Si](C(C)C)(C(C)C)C2CC2)c2cc3cccc(F)c3cc12)(C(C)C)C1CC1. The van der Waals surface area contributed by atoms with E-state index in [1.807, 2.05) is 24.3 Å². The zero-order chi connectivity index (χ0) is 34.1. The minimum atomic E-state index is -2.00. The van der Waals surface area contributed by atoms with Gasteiger partial charge in [-0.25, -0.2) is 8.78 Å². The van der Waals surface area contributed by atoms with Crippen molar-refractivity contribution in [3.8, 4) is 22.9 Å². The highest BCUT2D eigenvalue weighted by atomic mass is 28.3. The van der Waals surface area contributed by atoms with Gasteiger partial charge < -0.3 is 0 Å². The molecular weight excluding hydrogens is 623 g/mol. The van der Waals surface area contributed by atoms with E-state index in [1.165, 1.54) is 25.7 Å². The zero-order valence-electron chi connectivity index (χ0n) is 29.8. The van der Waals surface area contributed by atoms with Gasteiger partial charge in [-0.3, -0.25) is 0 Å². The van der Waals surface area contributed by atoms with Crippen LogP contribution in [0.25, 0.3) is 43.1 Å². The summed E-state index contributed by atoms with van der Waals surface area (Å²) < 4.78 is 31.0. The van der Waals surface area contributed by atoms with Gasteiger partial charge in [-0.2, -0.15) is 0 Å². The Bertz CT molecular complexity index is 2030. The van der Waals surface area contributed by atoms with Crippen LogP contribution in [0, 0.1) is 34.6 Å². The molecule has 0 heterocycles. The third kappa shape index (κ3) is 5.23. The first-order chi connectivity index (χ1) is 22.9. The maximum absolute atomic E-state index is 15.5. The zero-order valence-corrected chi connectivity index (χ0v) is 31.8. The minimum Gasteiger partial charge on any atom is -0.206 e. The Balaban J connectivity index is 1.66. The van der Waals surface area contributed by atoms with Crippen molar-refractivity contribution in [3.05, 3.63) is 83.4 Å². The van der Waals surface area contributed by atoms with E-state index in [2.05, 4.69) is 90.5 Å². The lowest BCUT2D eigenvalue weighted by atomic mass is 9.89. The highest BCUT2D eigenvalue weighted by Crippen LogP contribution is 2.55. The van der Waals surface area contributed by atoms with E-state index in [9.17, 15) is 0 Å². The third-order valence-corrected chi connectivity index (χ3v) is 24.8. The number of hydrogen-bond acceptors (Lipinski definition) is 0. The van der Waals surface area contributed by atoms with E-state index >= 15 is 8.78 Å². The second kappa shape index (κ2) is 12.2. The van der Waals surface area contributed by atoms with Crippen molar-refractivity contribution >= 4 is 59.2 Å². The topological polar surface area (TPSA) is 0 Å². The molecule has 2 saturated carbocycles. The van der Waals surface area contributed by atoms with E-state index in [4.69, 9.17) is 0 Å². The van der Waals surface area contributed by atoms with Gasteiger partial charge >= 0.3 is 0 Å². The molecule has 2 aliphatic rings. The lowest BCUT2D eigenvalue weighted by Gasteiger charge is -2.34. The number of benzene rings is 5. The first-order valence-corrected chi connectivity index (χ1v) is 22.6. The largest absolute Gasteiger partial charge is 0.206 e. The van der Waals surface area contributed by atoms with Gasteiger partial charge in [0.05, 0.1) is 0 Å². The van der Waals surface area contributed by atoms with Gasteiger partial charge in [-0.15, -0.1) is 11.1 Å². The predicted molar refractivity (Wildman–Crippen MR) is 208 cm³/mol. The number of fused-ring (bicyclic) bond motifs is 4. The molecule has 0 aromatic heterocycles. The molecule has 0 bridgehead atoms. The molecule has 0 spiro atoms. The molecule has 2 fully saturated rings. The molecule has 0 nitrogen and oxygen atoms in total. The van der Waals surface area contributed by atoms with Gasteiger partial charge in [-0.05, 0) is 102 Å². The predicted octanol–water partition coefficient (Wildman–Crippen LogP) is 13.2. The van der Waals surface area contributed by atoms with Gasteiger partial charge in [0.1, 0.15) is 27.8 Å². The fourth-order valence-corrected chi connectivity index (χ4v) is 20.4. The average Bonchev–Trinajstić information content (AvgIpc) is 3.96. The van der Waals surface area contributed by atoms with Crippen molar-refractivity contribution in [3.63, 3.8) is 0 Å². The van der Waals surface area contributed by atoms with Crippen LogP contribution < -0.4 is 0 Å². The molecule has 2 aliphatic carbocycles. The molecule has 0 aliphatic heterocycles. The van der Waals surface area contributed by atoms with Gasteiger partial charge in [0.2, 0.25) is 0 Å². The summed E-state index contributed by atoms with van der Waals surface area (Å²) in [6, 6.07) is 18.9. The van der Waals surface area contributed by atoms with Crippen molar-refractivity contribution in [2.75, 3.05) is 0 Å². The molecule has 5 aromatic carbocycles. The standard InChI is InChI=1S/C44H48F2Si2/c1-27(2)47(28(3)4,33-15-16-33)21-19-35-39-23-31-11-9-14-44(46)38(31)26-42(39)36(20-22-48(29(5)6,30(7)8)34-17-18-34)40-24-32-12-10-13-43(45)37(32)25-41(35)40/h9-14,23-30,33-34H,15-18H2,1-8H3. The van der Waals surface area contributed by atoms with Crippen molar-refractivity contribution < 1.29 is 8.78 Å². The van der Waals surface area contributed by atoms with Crippen molar-refractivity contribution in [2.24, 2.45) is 0 Å². The van der Waals surface area contributed by atoms with Crippen LogP contribution in [0.5, 0.6) is 0 Å². The lowest BCUT2D eigenvalue weighted by Crippen LogP contribution is -2.40. The molecule has 0 unspecified atom stereocenters. The maximum atomic E-state index is 15.5. The number of halogens is 2. The molecule has 48 heavy (non-hydrogen) atoms. The normalized spacial score (nSPS) is 15.6. The highest BCUT2D eigenvalue weighted by molar-refractivity contribution is 6.92. The summed E-state index contributed by atoms with van der Waals surface area (Å²) in [7, 11) is -4.01. The molecule has 0 atom stereocenters. The lowest BCUT2D eigenvalue weighted by molar-refractivity contribution is 0.639. The quantitative estimate of drug-likeness (QED) is 0.0958. The summed E-state index contributed by atoms with van der Waals surface area (Å²) in [4.78, 5) is 0. The fourth-order valence-electron chi connectivity index (χ4n) is 9.43. The molecule has 4 heteroatoms. The number of hydrogen-bond donors (Lipinski definition) is 0. The Morgan fingerprint density at radius 1 is 0.500 bits per heavy atom. The Morgan fingerprint density at radius 2 is 0.833 bits per heavy atom. The Labute approximate surface area is 287 Å². The van der Waals surface area contributed by atoms with Crippen LogP contribution in [-0.4, -0.2) is 16.1 Å². The monoisotopic (exact) mass is 670 g/mol. The van der Waals surface area contributed by atoms with Crippen LogP contribution in [0.15, 0.2) is 60.7 Å². The summed E-state index contributed by atoms with van der Waals surface area (Å²) in [5.74, 6) is 7.22. The minimum absolute atomic E-state index is 0.229.